The number of rotatable bonds is 2. The van der Waals surface area contributed by atoms with Crippen LogP contribution in [-0.2, 0) is 6.54 Å². The van der Waals surface area contributed by atoms with Crippen molar-refractivity contribution in [2.45, 2.75) is 19.9 Å². The molecule has 1 aromatic heterocycles. The van der Waals surface area contributed by atoms with Crippen molar-refractivity contribution in [1.29, 1.82) is 0 Å². The van der Waals surface area contributed by atoms with E-state index in [9.17, 15) is 4.79 Å². The monoisotopic (exact) mass is 152 g/mol. The van der Waals surface area contributed by atoms with E-state index in [-0.39, 0.29) is 5.56 Å². The van der Waals surface area contributed by atoms with Crippen molar-refractivity contribution in [3.05, 3.63) is 28.7 Å². The van der Waals surface area contributed by atoms with E-state index < -0.39 is 0 Å². The summed E-state index contributed by atoms with van der Waals surface area (Å²) in [6.45, 7) is 2.76. The summed E-state index contributed by atoms with van der Waals surface area (Å²) in [6.07, 6.45) is 2.62. The summed E-state index contributed by atoms with van der Waals surface area (Å²) in [6, 6.07) is 3.11. The number of hydrogen-bond acceptors (Lipinski definition) is 2. The summed E-state index contributed by atoms with van der Waals surface area (Å²) in [5, 5.41) is 0. The fraction of sp³-hybridized carbons (Fsp3) is 0.375. The highest BCUT2D eigenvalue weighted by atomic mass is 16.1. The Morgan fingerprint density at radius 1 is 1.55 bits per heavy atom. The Labute approximate surface area is 65.5 Å². The Bertz CT molecular complexity index is 290. The van der Waals surface area contributed by atoms with Gasteiger partial charge in [0, 0.05) is 24.5 Å². The first-order chi connectivity index (χ1) is 5.24. The normalized spacial score (nSPS) is 9.91. The Kier molecular flexibility index (Phi) is 2.31. The molecule has 0 aliphatic heterocycles. The highest BCUT2D eigenvalue weighted by molar-refractivity contribution is 5.33. The summed E-state index contributed by atoms with van der Waals surface area (Å²) in [5.74, 6) is 0. The molecule has 0 aliphatic carbocycles. The minimum Gasteiger partial charge on any atom is -0.398 e. The quantitative estimate of drug-likeness (QED) is 0.682. The van der Waals surface area contributed by atoms with Crippen LogP contribution in [0.25, 0.3) is 0 Å². The molecule has 0 atom stereocenters. The Hall–Kier alpha value is -1.25. The maximum atomic E-state index is 11.1. The third kappa shape index (κ3) is 1.83. The molecule has 3 nitrogen and oxygen atoms in total. The third-order valence-corrected chi connectivity index (χ3v) is 1.47. The molecule has 0 aromatic carbocycles. The lowest BCUT2D eigenvalue weighted by Gasteiger charge is -2.02. The van der Waals surface area contributed by atoms with Crippen LogP contribution in [0.2, 0.25) is 0 Å². The second-order valence-electron chi connectivity index (χ2n) is 2.49. The number of nitrogens with zero attached hydrogens (tertiary/aromatic N) is 1. The van der Waals surface area contributed by atoms with Crippen LogP contribution in [0.1, 0.15) is 13.3 Å². The van der Waals surface area contributed by atoms with Gasteiger partial charge in [-0.15, -0.1) is 0 Å². The first-order valence-corrected chi connectivity index (χ1v) is 3.70. The van der Waals surface area contributed by atoms with Crippen molar-refractivity contribution in [3.63, 3.8) is 0 Å². The highest BCUT2D eigenvalue weighted by Gasteiger charge is 1.92. The molecule has 0 saturated carbocycles. The lowest BCUT2D eigenvalue weighted by atomic mass is 10.4. The molecule has 1 aromatic rings. The van der Waals surface area contributed by atoms with Gasteiger partial charge in [-0.1, -0.05) is 6.92 Å². The largest absolute Gasteiger partial charge is 0.398 e. The van der Waals surface area contributed by atoms with Crippen LogP contribution < -0.4 is 11.3 Å². The standard InChI is InChI=1S/C8H12N2O/c1-2-5-10-6-7(9)3-4-8(10)11/h3-4,6H,2,5,9H2,1H3. The SMILES string of the molecule is CCCn1cc(N)ccc1=O. The van der Waals surface area contributed by atoms with Gasteiger partial charge in [0.05, 0.1) is 0 Å². The summed E-state index contributed by atoms with van der Waals surface area (Å²) < 4.78 is 1.62. The van der Waals surface area contributed by atoms with Crippen molar-refractivity contribution in [2.24, 2.45) is 0 Å². The maximum absolute atomic E-state index is 11.1. The summed E-state index contributed by atoms with van der Waals surface area (Å²) >= 11 is 0. The van der Waals surface area contributed by atoms with Gasteiger partial charge in [0.15, 0.2) is 0 Å². The van der Waals surface area contributed by atoms with Gasteiger partial charge in [-0.05, 0) is 12.5 Å². The molecule has 60 valence electrons. The Morgan fingerprint density at radius 2 is 2.27 bits per heavy atom. The smallest absolute Gasteiger partial charge is 0.250 e. The van der Waals surface area contributed by atoms with E-state index in [2.05, 4.69) is 0 Å². The van der Waals surface area contributed by atoms with Crippen molar-refractivity contribution in [1.82, 2.24) is 4.57 Å². The number of hydrogen-bond donors (Lipinski definition) is 1. The predicted molar refractivity (Wildman–Crippen MR) is 45.4 cm³/mol. The minimum atomic E-state index is 0.0149. The summed E-state index contributed by atoms with van der Waals surface area (Å²) in [4.78, 5) is 11.1. The Balaban J connectivity index is 3.03. The molecular formula is C8H12N2O. The number of pyridine rings is 1. The summed E-state index contributed by atoms with van der Waals surface area (Å²) in [7, 11) is 0. The van der Waals surface area contributed by atoms with Crippen molar-refractivity contribution < 1.29 is 0 Å². The molecule has 1 heterocycles. The molecular weight excluding hydrogens is 140 g/mol. The minimum absolute atomic E-state index is 0.0149. The van der Waals surface area contributed by atoms with E-state index in [0.717, 1.165) is 13.0 Å². The maximum Gasteiger partial charge on any atom is 0.250 e. The van der Waals surface area contributed by atoms with Crippen LogP contribution in [0, 0.1) is 0 Å². The Morgan fingerprint density at radius 3 is 2.91 bits per heavy atom. The second kappa shape index (κ2) is 3.23. The molecule has 0 spiro atoms. The van der Waals surface area contributed by atoms with Crippen LogP contribution in [0.5, 0.6) is 0 Å². The molecule has 0 unspecified atom stereocenters. The van der Waals surface area contributed by atoms with Crippen LogP contribution in [0.4, 0.5) is 5.69 Å². The van der Waals surface area contributed by atoms with E-state index in [4.69, 9.17) is 5.73 Å². The molecule has 2 N–H and O–H groups in total. The predicted octanol–water partition coefficient (Wildman–Crippen LogP) is 0.841. The molecule has 11 heavy (non-hydrogen) atoms. The molecule has 0 fully saturated rings. The number of anilines is 1. The van der Waals surface area contributed by atoms with Crippen molar-refractivity contribution >= 4 is 5.69 Å². The average molecular weight is 152 g/mol. The van der Waals surface area contributed by atoms with Crippen molar-refractivity contribution in [2.75, 3.05) is 5.73 Å². The number of nitrogen functional groups attached to an aromatic ring is 1. The zero-order valence-electron chi connectivity index (χ0n) is 6.58. The van der Waals surface area contributed by atoms with Gasteiger partial charge in [-0.3, -0.25) is 4.79 Å². The fourth-order valence-corrected chi connectivity index (χ4v) is 0.965. The average Bonchev–Trinajstić information content (AvgIpc) is 1.98. The molecule has 0 bridgehead atoms. The van der Waals surface area contributed by atoms with E-state index in [0.29, 0.717) is 5.69 Å². The van der Waals surface area contributed by atoms with E-state index >= 15 is 0 Å². The van der Waals surface area contributed by atoms with Gasteiger partial charge in [-0.25, -0.2) is 0 Å². The van der Waals surface area contributed by atoms with E-state index in [1.807, 2.05) is 6.92 Å². The lowest BCUT2D eigenvalue weighted by Crippen LogP contribution is -2.18. The zero-order chi connectivity index (χ0) is 8.27. The van der Waals surface area contributed by atoms with Gasteiger partial charge in [0.25, 0.3) is 5.56 Å². The van der Waals surface area contributed by atoms with Gasteiger partial charge < -0.3 is 10.3 Å². The first-order valence-electron chi connectivity index (χ1n) is 3.70. The van der Waals surface area contributed by atoms with Crippen LogP contribution >= 0.6 is 0 Å². The van der Waals surface area contributed by atoms with Crippen LogP contribution in [0.3, 0.4) is 0 Å². The molecule has 0 saturated heterocycles. The number of aromatic nitrogens is 1. The highest BCUT2D eigenvalue weighted by Crippen LogP contribution is 1.95. The molecule has 0 aliphatic rings. The van der Waals surface area contributed by atoms with E-state index in [1.165, 1.54) is 6.07 Å². The third-order valence-electron chi connectivity index (χ3n) is 1.47. The van der Waals surface area contributed by atoms with E-state index in [1.54, 1.807) is 16.8 Å². The lowest BCUT2D eigenvalue weighted by molar-refractivity contribution is 0.655. The summed E-state index contributed by atoms with van der Waals surface area (Å²) in [5.41, 5.74) is 6.15. The molecule has 3 heteroatoms. The molecule has 1 rings (SSSR count). The number of aryl methyl sites for hydroxylation is 1. The van der Waals surface area contributed by atoms with Gasteiger partial charge in [0.2, 0.25) is 0 Å². The van der Waals surface area contributed by atoms with Gasteiger partial charge in [-0.2, -0.15) is 0 Å². The van der Waals surface area contributed by atoms with Crippen molar-refractivity contribution in [3.8, 4) is 0 Å². The zero-order valence-corrected chi connectivity index (χ0v) is 6.58. The topological polar surface area (TPSA) is 48.0 Å². The fourth-order valence-electron chi connectivity index (χ4n) is 0.965. The first kappa shape index (κ1) is 7.85. The molecule has 0 amide bonds. The van der Waals surface area contributed by atoms with Gasteiger partial charge >= 0.3 is 0 Å². The van der Waals surface area contributed by atoms with Crippen LogP contribution in [0.15, 0.2) is 23.1 Å². The van der Waals surface area contributed by atoms with Crippen LogP contribution in [-0.4, -0.2) is 4.57 Å². The second-order valence-corrected chi connectivity index (χ2v) is 2.49. The van der Waals surface area contributed by atoms with Gasteiger partial charge in [0.1, 0.15) is 0 Å². The molecule has 0 radical (unpaired) electrons. The number of nitrogens with two attached hydrogens (primary N) is 1.